The Morgan fingerprint density at radius 2 is 1.64 bits per heavy atom. The number of aryl methyl sites for hydroxylation is 1. The summed E-state index contributed by atoms with van der Waals surface area (Å²) in [6.45, 7) is 5.15. The summed E-state index contributed by atoms with van der Waals surface area (Å²) in [5.41, 5.74) is 13.6. The molecule has 0 aliphatic carbocycles. The maximum atomic E-state index is 5.56. The van der Waals surface area contributed by atoms with Crippen LogP contribution in [0.4, 0.5) is 5.69 Å². The van der Waals surface area contributed by atoms with Crippen molar-refractivity contribution in [3.8, 4) is 0 Å². The van der Waals surface area contributed by atoms with Gasteiger partial charge in [0.05, 0.1) is 0 Å². The zero-order chi connectivity index (χ0) is 10.4. The number of nitrogens with zero attached hydrogens (tertiary/aromatic N) is 1. The van der Waals surface area contributed by atoms with Crippen molar-refractivity contribution in [1.82, 2.24) is 0 Å². The van der Waals surface area contributed by atoms with Crippen LogP contribution in [-0.2, 0) is 0 Å². The van der Waals surface area contributed by atoms with Crippen LogP contribution in [0.25, 0.3) is 0 Å². The van der Waals surface area contributed by atoms with Crippen LogP contribution >= 0.6 is 0 Å². The number of anilines is 1. The Balaban J connectivity index is 2.81. The first-order chi connectivity index (χ1) is 6.79. The first-order valence-corrected chi connectivity index (χ1v) is 5.00. The summed E-state index contributed by atoms with van der Waals surface area (Å²) in [7, 11) is 0. The molecule has 0 radical (unpaired) electrons. The maximum Gasteiger partial charge on any atom is 0.0396 e. The van der Waals surface area contributed by atoms with E-state index in [2.05, 4.69) is 24.0 Å². The van der Waals surface area contributed by atoms with E-state index in [1.54, 1.807) is 0 Å². The van der Waals surface area contributed by atoms with Crippen LogP contribution in [0.5, 0.6) is 0 Å². The lowest BCUT2D eigenvalue weighted by molar-refractivity contribution is 0.780. The summed E-state index contributed by atoms with van der Waals surface area (Å²) in [6.07, 6.45) is 0. The van der Waals surface area contributed by atoms with E-state index in [-0.39, 0.29) is 0 Å². The number of benzene rings is 1. The van der Waals surface area contributed by atoms with Gasteiger partial charge in [-0.3, -0.25) is 0 Å². The molecule has 0 unspecified atom stereocenters. The van der Waals surface area contributed by atoms with Gasteiger partial charge in [-0.2, -0.15) is 0 Å². The van der Waals surface area contributed by atoms with Crippen molar-refractivity contribution in [2.24, 2.45) is 11.5 Å². The molecule has 1 rings (SSSR count). The third-order valence-electron chi connectivity index (χ3n) is 2.25. The SMILES string of the molecule is Cc1ccccc1N(CCN)CCN. The molecule has 3 heteroatoms. The monoisotopic (exact) mass is 193 g/mol. The number of nitrogens with two attached hydrogens (primary N) is 2. The van der Waals surface area contributed by atoms with Gasteiger partial charge in [-0.1, -0.05) is 18.2 Å². The molecule has 0 saturated heterocycles. The summed E-state index contributed by atoms with van der Waals surface area (Å²) >= 11 is 0. The summed E-state index contributed by atoms with van der Waals surface area (Å²) < 4.78 is 0. The average molecular weight is 193 g/mol. The third-order valence-corrected chi connectivity index (χ3v) is 2.25. The average Bonchev–Trinajstić information content (AvgIpc) is 2.18. The standard InChI is InChI=1S/C11H19N3/c1-10-4-2-3-5-11(10)14(8-6-12)9-7-13/h2-5H,6-9,12-13H2,1H3. The highest BCUT2D eigenvalue weighted by atomic mass is 15.1. The van der Waals surface area contributed by atoms with Crippen LogP contribution in [0, 0.1) is 6.92 Å². The molecule has 0 aliphatic heterocycles. The lowest BCUT2D eigenvalue weighted by Gasteiger charge is -2.25. The first kappa shape index (κ1) is 11.0. The van der Waals surface area contributed by atoms with Crippen molar-refractivity contribution in [3.05, 3.63) is 29.8 Å². The van der Waals surface area contributed by atoms with Gasteiger partial charge < -0.3 is 16.4 Å². The summed E-state index contributed by atoms with van der Waals surface area (Å²) in [5, 5.41) is 0. The number of para-hydroxylation sites is 1. The zero-order valence-electron chi connectivity index (χ0n) is 8.74. The van der Waals surface area contributed by atoms with Gasteiger partial charge in [-0.25, -0.2) is 0 Å². The van der Waals surface area contributed by atoms with Crippen LogP contribution in [0.15, 0.2) is 24.3 Å². The van der Waals surface area contributed by atoms with Crippen LogP contribution in [0.1, 0.15) is 5.56 Å². The maximum absolute atomic E-state index is 5.56. The Hall–Kier alpha value is -1.06. The molecule has 0 aliphatic rings. The van der Waals surface area contributed by atoms with Crippen LogP contribution in [0.2, 0.25) is 0 Å². The summed E-state index contributed by atoms with van der Waals surface area (Å²) in [5.74, 6) is 0. The highest BCUT2D eigenvalue weighted by molar-refractivity contribution is 5.52. The van der Waals surface area contributed by atoms with E-state index in [4.69, 9.17) is 11.5 Å². The van der Waals surface area contributed by atoms with Gasteiger partial charge in [0.2, 0.25) is 0 Å². The fourth-order valence-corrected chi connectivity index (χ4v) is 1.58. The number of hydrogen-bond donors (Lipinski definition) is 2. The number of rotatable bonds is 5. The van der Waals surface area contributed by atoms with Crippen molar-refractivity contribution >= 4 is 5.69 Å². The van der Waals surface area contributed by atoms with Gasteiger partial charge in [-0.15, -0.1) is 0 Å². The quantitative estimate of drug-likeness (QED) is 0.724. The van der Waals surface area contributed by atoms with Crippen molar-refractivity contribution in [2.75, 3.05) is 31.1 Å². The fraction of sp³-hybridized carbons (Fsp3) is 0.455. The van der Waals surface area contributed by atoms with Crippen molar-refractivity contribution in [1.29, 1.82) is 0 Å². The molecule has 0 saturated carbocycles. The molecule has 0 amide bonds. The molecule has 14 heavy (non-hydrogen) atoms. The molecule has 0 spiro atoms. The van der Waals surface area contributed by atoms with E-state index < -0.39 is 0 Å². The van der Waals surface area contributed by atoms with Gasteiger partial charge in [0.15, 0.2) is 0 Å². The predicted molar refractivity (Wildman–Crippen MR) is 61.5 cm³/mol. The van der Waals surface area contributed by atoms with E-state index in [1.807, 2.05) is 12.1 Å². The van der Waals surface area contributed by atoms with Crippen LogP contribution in [-0.4, -0.2) is 26.2 Å². The normalized spacial score (nSPS) is 10.2. The largest absolute Gasteiger partial charge is 0.369 e. The molecule has 1 aromatic rings. The minimum Gasteiger partial charge on any atom is -0.369 e. The van der Waals surface area contributed by atoms with E-state index in [1.165, 1.54) is 11.3 Å². The second-order valence-electron chi connectivity index (χ2n) is 3.35. The first-order valence-electron chi connectivity index (χ1n) is 5.00. The lowest BCUT2D eigenvalue weighted by atomic mass is 10.2. The third kappa shape index (κ3) is 2.72. The van der Waals surface area contributed by atoms with Crippen LogP contribution in [0.3, 0.4) is 0 Å². The van der Waals surface area contributed by atoms with Crippen LogP contribution < -0.4 is 16.4 Å². The molecule has 0 bridgehead atoms. The molecule has 4 N–H and O–H groups in total. The van der Waals surface area contributed by atoms with Crippen molar-refractivity contribution in [3.63, 3.8) is 0 Å². The van der Waals surface area contributed by atoms with E-state index in [0.717, 1.165) is 13.1 Å². The van der Waals surface area contributed by atoms with E-state index in [9.17, 15) is 0 Å². The van der Waals surface area contributed by atoms with Gasteiger partial charge in [-0.05, 0) is 18.6 Å². The summed E-state index contributed by atoms with van der Waals surface area (Å²) in [6, 6.07) is 8.31. The van der Waals surface area contributed by atoms with Gasteiger partial charge in [0.1, 0.15) is 0 Å². The molecule has 0 aromatic heterocycles. The molecule has 1 aromatic carbocycles. The van der Waals surface area contributed by atoms with Gasteiger partial charge in [0.25, 0.3) is 0 Å². The molecule has 78 valence electrons. The van der Waals surface area contributed by atoms with Crippen molar-refractivity contribution in [2.45, 2.75) is 6.92 Å². The Labute approximate surface area is 85.7 Å². The zero-order valence-corrected chi connectivity index (χ0v) is 8.74. The second-order valence-corrected chi connectivity index (χ2v) is 3.35. The highest BCUT2D eigenvalue weighted by Gasteiger charge is 2.05. The smallest absolute Gasteiger partial charge is 0.0396 e. The van der Waals surface area contributed by atoms with Gasteiger partial charge >= 0.3 is 0 Å². The Morgan fingerprint density at radius 1 is 1.07 bits per heavy atom. The topological polar surface area (TPSA) is 55.3 Å². The van der Waals surface area contributed by atoms with E-state index in [0.29, 0.717) is 13.1 Å². The molecule has 3 nitrogen and oxygen atoms in total. The lowest BCUT2D eigenvalue weighted by Crippen LogP contribution is -2.34. The minimum absolute atomic E-state index is 0.661. The molecule has 0 atom stereocenters. The summed E-state index contributed by atoms with van der Waals surface area (Å²) in [4.78, 5) is 2.23. The van der Waals surface area contributed by atoms with Gasteiger partial charge in [0, 0.05) is 31.9 Å². The molecular weight excluding hydrogens is 174 g/mol. The second kappa shape index (κ2) is 5.62. The van der Waals surface area contributed by atoms with Crippen molar-refractivity contribution < 1.29 is 0 Å². The molecular formula is C11H19N3. The van der Waals surface area contributed by atoms with E-state index >= 15 is 0 Å². The highest BCUT2D eigenvalue weighted by Crippen LogP contribution is 2.18. The Kier molecular flexibility index (Phi) is 4.43. The molecule has 0 fully saturated rings. The Morgan fingerprint density at radius 3 is 2.14 bits per heavy atom. The Bertz CT molecular complexity index is 267. The molecule has 0 heterocycles. The minimum atomic E-state index is 0.661. The predicted octanol–water partition coefficient (Wildman–Crippen LogP) is 0.719. The number of hydrogen-bond acceptors (Lipinski definition) is 3. The fourth-order valence-electron chi connectivity index (χ4n) is 1.58.